The summed E-state index contributed by atoms with van der Waals surface area (Å²) in [5.41, 5.74) is 4.87. The first kappa shape index (κ1) is 13.5. The van der Waals surface area contributed by atoms with Crippen molar-refractivity contribution < 1.29 is 4.74 Å². The normalized spacial score (nSPS) is 10.8. The van der Waals surface area contributed by atoms with Crippen molar-refractivity contribution in [3.8, 4) is 5.75 Å². The van der Waals surface area contributed by atoms with Crippen LogP contribution in [-0.2, 0) is 0 Å². The molecular formula is C14H17N3OS. The van der Waals surface area contributed by atoms with Gasteiger partial charge in [0.2, 0.25) is 5.13 Å². The van der Waals surface area contributed by atoms with E-state index in [1.165, 1.54) is 11.3 Å². The minimum atomic E-state index is 0.712. The van der Waals surface area contributed by atoms with Gasteiger partial charge < -0.3 is 4.74 Å². The first-order chi connectivity index (χ1) is 9.29. The van der Waals surface area contributed by atoms with Crippen LogP contribution in [-0.4, -0.2) is 17.8 Å². The maximum Gasteiger partial charge on any atom is 0.203 e. The van der Waals surface area contributed by atoms with Crippen LogP contribution in [0.1, 0.15) is 24.6 Å². The topological polar surface area (TPSA) is 46.5 Å². The summed E-state index contributed by atoms with van der Waals surface area (Å²) in [4.78, 5) is 4.28. The van der Waals surface area contributed by atoms with E-state index in [1.54, 1.807) is 6.21 Å². The van der Waals surface area contributed by atoms with Gasteiger partial charge in [-0.05, 0) is 25.5 Å². The molecule has 0 saturated carbocycles. The lowest BCUT2D eigenvalue weighted by atomic mass is 10.2. The summed E-state index contributed by atoms with van der Waals surface area (Å²) in [6.45, 7) is 4.76. The molecule has 0 amide bonds. The van der Waals surface area contributed by atoms with E-state index >= 15 is 0 Å². The fourth-order valence-corrected chi connectivity index (χ4v) is 2.13. The SMILES string of the molecule is CCCOc1ccccc1C=NNc1nc(C)cs1. The molecule has 0 radical (unpaired) electrons. The van der Waals surface area contributed by atoms with E-state index in [2.05, 4.69) is 22.4 Å². The Morgan fingerprint density at radius 3 is 3.00 bits per heavy atom. The Morgan fingerprint density at radius 1 is 1.42 bits per heavy atom. The van der Waals surface area contributed by atoms with Gasteiger partial charge in [-0.3, -0.25) is 5.43 Å². The molecule has 0 fully saturated rings. The van der Waals surface area contributed by atoms with Crippen molar-refractivity contribution in [2.75, 3.05) is 12.0 Å². The number of rotatable bonds is 6. The number of para-hydroxylation sites is 1. The molecule has 4 nitrogen and oxygen atoms in total. The van der Waals surface area contributed by atoms with Gasteiger partial charge in [-0.15, -0.1) is 11.3 Å². The molecule has 1 heterocycles. The zero-order valence-electron chi connectivity index (χ0n) is 11.1. The number of anilines is 1. The van der Waals surface area contributed by atoms with Crippen molar-refractivity contribution >= 4 is 22.7 Å². The number of nitrogens with one attached hydrogen (secondary N) is 1. The molecule has 0 unspecified atom stereocenters. The van der Waals surface area contributed by atoms with E-state index < -0.39 is 0 Å². The van der Waals surface area contributed by atoms with Crippen molar-refractivity contribution in [3.63, 3.8) is 0 Å². The number of ether oxygens (including phenoxy) is 1. The summed E-state index contributed by atoms with van der Waals surface area (Å²) in [7, 11) is 0. The Labute approximate surface area is 117 Å². The van der Waals surface area contributed by atoms with Gasteiger partial charge in [0.05, 0.1) is 18.5 Å². The first-order valence-electron chi connectivity index (χ1n) is 6.22. The van der Waals surface area contributed by atoms with E-state index in [0.717, 1.165) is 28.6 Å². The second-order valence-corrected chi connectivity index (χ2v) is 4.91. The van der Waals surface area contributed by atoms with Crippen molar-refractivity contribution in [3.05, 3.63) is 40.9 Å². The molecule has 0 aliphatic rings. The first-order valence-corrected chi connectivity index (χ1v) is 7.10. The van der Waals surface area contributed by atoms with Crippen LogP contribution in [0.15, 0.2) is 34.7 Å². The summed E-state index contributed by atoms with van der Waals surface area (Å²) in [5.74, 6) is 0.852. The zero-order valence-corrected chi connectivity index (χ0v) is 11.9. The number of benzene rings is 1. The van der Waals surface area contributed by atoms with Crippen molar-refractivity contribution in [2.45, 2.75) is 20.3 Å². The van der Waals surface area contributed by atoms with Crippen molar-refractivity contribution in [1.29, 1.82) is 0 Å². The molecule has 1 aromatic carbocycles. The molecule has 0 aliphatic carbocycles. The Morgan fingerprint density at radius 2 is 2.26 bits per heavy atom. The third-order valence-corrected chi connectivity index (χ3v) is 3.23. The summed E-state index contributed by atoms with van der Waals surface area (Å²) in [6.07, 6.45) is 2.74. The lowest BCUT2D eigenvalue weighted by Crippen LogP contribution is -1.99. The zero-order chi connectivity index (χ0) is 13.5. The molecule has 0 saturated heterocycles. The van der Waals surface area contributed by atoms with Crippen LogP contribution in [0.5, 0.6) is 5.75 Å². The average Bonchev–Trinajstić information content (AvgIpc) is 2.83. The van der Waals surface area contributed by atoms with Crippen LogP contribution < -0.4 is 10.2 Å². The lowest BCUT2D eigenvalue weighted by Gasteiger charge is -2.07. The molecule has 0 aliphatic heterocycles. The largest absolute Gasteiger partial charge is 0.493 e. The summed E-state index contributed by atoms with van der Waals surface area (Å²) < 4.78 is 5.66. The highest BCUT2D eigenvalue weighted by Crippen LogP contribution is 2.17. The highest BCUT2D eigenvalue weighted by Gasteiger charge is 2.00. The van der Waals surface area contributed by atoms with Gasteiger partial charge in [-0.25, -0.2) is 4.98 Å². The number of aromatic nitrogens is 1. The second kappa shape index (κ2) is 6.89. The van der Waals surface area contributed by atoms with Gasteiger partial charge in [0.1, 0.15) is 5.75 Å². The molecule has 0 bridgehead atoms. The molecule has 1 N–H and O–H groups in total. The van der Waals surface area contributed by atoms with E-state index in [0.29, 0.717) is 6.61 Å². The Hall–Kier alpha value is -1.88. The standard InChI is InChI=1S/C14H17N3OS/c1-3-8-18-13-7-5-4-6-12(13)9-15-17-14-16-11(2)10-19-14/h4-7,9-10H,3,8H2,1-2H3,(H,16,17). The third-order valence-electron chi connectivity index (χ3n) is 2.36. The molecule has 1 aromatic heterocycles. The van der Waals surface area contributed by atoms with Crippen LogP contribution >= 0.6 is 11.3 Å². The smallest absolute Gasteiger partial charge is 0.203 e. The van der Waals surface area contributed by atoms with Crippen LogP contribution in [0.4, 0.5) is 5.13 Å². The summed E-state index contributed by atoms with van der Waals surface area (Å²) >= 11 is 1.54. The van der Waals surface area contributed by atoms with Gasteiger partial charge >= 0.3 is 0 Å². The highest BCUT2D eigenvalue weighted by molar-refractivity contribution is 7.13. The maximum atomic E-state index is 5.66. The molecule has 2 rings (SSSR count). The fraction of sp³-hybridized carbons (Fsp3) is 0.286. The quantitative estimate of drug-likeness (QED) is 0.646. The number of thiazole rings is 1. The molecule has 19 heavy (non-hydrogen) atoms. The second-order valence-electron chi connectivity index (χ2n) is 4.05. The number of aryl methyl sites for hydroxylation is 1. The van der Waals surface area contributed by atoms with Crippen LogP contribution in [0, 0.1) is 6.92 Å². The van der Waals surface area contributed by atoms with Gasteiger partial charge in [0, 0.05) is 10.9 Å². The molecule has 0 spiro atoms. The Bertz CT molecular complexity index is 551. The van der Waals surface area contributed by atoms with Crippen LogP contribution in [0.2, 0.25) is 0 Å². The van der Waals surface area contributed by atoms with Gasteiger partial charge in [0.25, 0.3) is 0 Å². The lowest BCUT2D eigenvalue weighted by molar-refractivity contribution is 0.317. The predicted molar refractivity (Wildman–Crippen MR) is 80.3 cm³/mol. The summed E-state index contributed by atoms with van der Waals surface area (Å²) in [6, 6.07) is 7.85. The number of hydrogen-bond donors (Lipinski definition) is 1. The van der Waals surface area contributed by atoms with E-state index in [1.807, 2.05) is 36.6 Å². The van der Waals surface area contributed by atoms with Gasteiger partial charge in [-0.2, -0.15) is 5.10 Å². The molecule has 100 valence electrons. The summed E-state index contributed by atoms with van der Waals surface area (Å²) in [5, 5.41) is 6.96. The van der Waals surface area contributed by atoms with E-state index in [4.69, 9.17) is 4.74 Å². The highest BCUT2D eigenvalue weighted by atomic mass is 32.1. The van der Waals surface area contributed by atoms with E-state index in [9.17, 15) is 0 Å². The average molecular weight is 275 g/mol. The number of hydrazone groups is 1. The van der Waals surface area contributed by atoms with Crippen LogP contribution in [0.25, 0.3) is 0 Å². The number of nitrogens with zero attached hydrogens (tertiary/aromatic N) is 2. The van der Waals surface area contributed by atoms with Crippen molar-refractivity contribution in [1.82, 2.24) is 4.98 Å². The fourth-order valence-electron chi connectivity index (χ4n) is 1.49. The Kier molecular flexibility index (Phi) is 4.92. The Balaban J connectivity index is 2.01. The molecule has 0 atom stereocenters. The monoisotopic (exact) mass is 275 g/mol. The molecule has 5 heteroatoms. The number of hydrogen-bond acceptors (Lipinski definition) is 5. The van der Waals surface area contributed by atoms with Gasteiger partial charge in [0.15, 0.2) is 0 Å². The molecule has 2 aromatic rings. The van der Waals surface area contributed by atoms with E-state index in [-0.39, 0.29) is 0 Å². The third kappa shape index (κ3) is 4.06. The van der Waals surface area contributed by atoms with Gasteiger partial charge in [-0.1, -0.05) is 19.1 Å². The van der Waals surface area contributed by atoms with Crippen molar-refractivity contribution in [2.24, 2.45) is 5.10 Å². The predicted octanol–water partition coefficient (Wildman–Crippen LogP) is 3.69. The minimum absolute atomic E-state index is 0.712. The maximum absolute atomic E-state index is 5.66. The van der Waals surface area contributed by atoms with Crippen LogP contribution in [0.3, 0.4) is 0 Å². The molecular weight excluding hydrogens is 258 g/mol. The minimum Gasteiger partial charge on any atom is -0.493 e.